The molecule has 2 aromatic carbocycles. The van der Waals surface area contributed by atoms with Gasteiger partial charge in [-0.2, -0.15) is 4.31 Å². The van der Waals surface area contributed by atoms with E-state index in [0.29, 0.717) is 36.5 Å². The van der Waals surface area contributed by atoms with Crippen LogP contribution in [0.15, 0.2) is 47.4 Å². The Labute approximate surface area is 198 Å². The highest BCUT2D eigenvalue weighted by Crippen LogP contribution is 2.28. The molecule has 1 fully saturated rings. The number of hydrogen-bond donors (Lipinski definition) is 1. The molecule has 0 spiro atoms. The fourth-order valence-electron chi connectivity index (χ4n) is 3.89. The average molecular weight is 487 g/mol. The van der Waals surface area contributed by atoms with Gasteiger partial charge in [-0.15, -0.1) is 0 Å². The molecule has 34 heavy (non-hydrogen) atoms. The molecule has 180 valence electrons. The second kappa shape index (κ2) is 10.4. The Bertz CT molecular complexity index is 1190. The van der Waals surface area contributed by atoms with Gasteiger partial charge in [0.15, 0.2) is 19.0 Å². The summed E-state index contributed by atoms with van der Waals surface area (Å²) in [5.41, 5.74) is 1.49. The number of ether oxygens (including phenoxy) is 2. The van der Waals surface area contributed by atoms with Crippen LogP contribution in [-0.2, 0) is 30.8 Å². The van der Waals surface area contributed by atoms with E-state index < -0.39 is 28.4 Å². The van der Waals surface area contributed by atoms with E-state index in [-0.39, 0.29) is 23.8 Å². The van der Waals surface area contributed by atoms with Crippen molar-refractivity contribution < 1.29 is 32.3 Å². The van der Waals surface area contributed by atoms with E-state index in [1.165, 1.54) is 10.4 Å². The molecule has 0 saturated carbocycles. The normalized spacial score (nSPS) is 16.2. The van der Waals surface area contributed by atoms with Crippen molar-refractivity contribution in [3.8, 4) is 5.75 Å². The van der Waals surface area contributed by atoms with Crippen LogP contribution in [0, 0.1) is 0 Å². The Morgan fingerprint density at radius 1 is 1.03 bits per heavy atom. The summed E-state index contributed by atoms with van der Waals surface area (Å²) in [5, 5.41) is 2.63. The first-order valence-corrected chi connectivity index (χ1v) is 12.6. The number of amides is 1. The van der Waals surface area contributed by atoms with Gasteiger partial charge in [0.1, 0.15) is 5.75 Å². The van der Waals surface area contributed by atoms with Gasteiger partial charge >= 0.3 is 5.97 Å². The molecule has 2 aliphatic heterocycles. The van der Waals surface area contributed by atoms with E-state index in [9.17, 15) is 22.8 Å². The van der Waals surface area contributed by atoms with Crippen molar-refractivity contribution in [2.75, 3.05) is 31.6 Å². The lowest BCUT2D eigenvalue weighted by molar-refractivity contribution is -0.142. The van der Waals surface area contributed by atoms with Gasteiger partial charge in [0.25, 0.3) is 5.91 Å². The van der Waals surface area contributed by atoms with E-state index in [2.05, 4.69) is 5.32 Å². The molecular formula is C24H26N2O7S. The Kier molecular flexibility index (Phi) is 7.28. The van der Waals surface area contributed by atoms with Crippen molar-refractivity contribution in [1.29, 1.82) is 0 Å². The summed E-state index contributed by atoms with van der Waals surface area (Å²) in [6, 6.07) is 11.1. The SMILES string of the molecule is O=C1COc2ccc(C(=O)COC(=O)CCc3ccc(S(=O)(=O)N4CCCCC4)cc3)cc2N1. The molecule has 0 radical (unpaired) electrons. The fourth-order valence-corrected chi connectivity index (χ4v) is 5.40. The summed E-state index contributed by atoms with van der Waals surface area (Å²) in [6.45, 7) is 0.597. The van der Waals surface area contributed by atoms with Gasteiger partial charge in [-0.1, -0.05) is 18.6 Å². The zero-order valence-corrected chi connectivity index (χ0v) is 19.4. The van der Waals surface area contributed by atoms with Crippen LogP contribution >= 0.6 is 0 Å². The molecule has 1 amide bonds. The number of Topliss-reactive ketones (excluding diaryl/α,β-unsaturated/α-hetero) is 1. The molecular weight excluding hydrogens is 460 g/mol. The summed E-state index contributed by atoms with van der Waals surface area (Å²) in [4.78, 5) is 36.1. The number of esters is 1. The molecule has 4 rings (SSSR count). The minimum absolute atomic E-state index is 0.0551. The second-order valence-electron chi connectivity index (χ2n) is 8.24. The number of nitrogens with zero attached hydrogens (tertiary/aromatic N) is 1. The third-order valence-corrected chi connectivity index (χ3v) is 7.71. The molecule has 9 nitrogen and oxygen atoms in total. The van der Waals surface area contributed by atoms with Crippen LogP contribution in [0.4, 0.5) is 5.69 Å². The van der Waals surface area contributed by atoms with Gasteiger partial charge in [0, 0.05) is 25.1 Å². The molecule has 2 heterocycles. The number of ketones is 1. The summed E-state index contributed by atoms with van der Waals surface area (Å²) >= 11 is 0. The summed E-state index contributed by atoms with van der Waals surface area (Å²) in [5.74, 6) is -0.764. The van der Waals surface area contributed by atoms with Gasteiger partial charge in [-0.05, 0) is 55.2 Å². The van der Waals surface area contributed by atoms with Crippen LogP contribution in [0.2, 0.25) is 0 Å². The number of carbonyl (C=O) groups is 3. The number of piperidine rings is 1. The quantitative estimate of drug-likeness (QED) is 0.450. The van der Waals surface area contributed by atoms with Crippen LogP contribution in [0.3, 0.4) is 0 Å². The number of fused-ring (bicyclic) bond motifs is 1. The second-order valence-corrected chi connectivity index (χ2v) is 10.2. The van der Waals surface area contributed by atoms with Crippen molar-refractivity contribution in [2.24, 2.45) is 0 Å². The largest absolute Gasteiger partial charge is 0.482 e. The molecule has 2 aromatic rings. The lowest BCUT2D eigenvalue weighted by Gasteiger charge is -2.25. The number of carbonyl (C=O) groups excluding carboxylic acids is 3. The zero-order chi connectivity index (χ0) is 24.1. The lowest BCUT2D eigenvalue weighted by Crippen LogP contribution is -2.35. The van der Waals surface area contributed by atoms with Crippen LogP contribution in [-0.4, -0.2) is 56.7 Å². The molecule has 1 N–H and O–H groups in total. The monoisotopic (exact) mass is 486 g/mol. The predicted octanol–water partition coefficient (Wildman–Crippen LogP) is 2.55. The first-order valence-electron chi connectivity index (χ1n) is 11.2. The van der Waals surface area contributed by atoms with Gasteiger partial charge in [0.2, 0.25) is 10.0 Å². The zero-order valence-electron chi connectivity index (χ0n) is 18.6. The fraction of sp³-hybridized carbons (Fsp3) is 0.375. The highest BCUT2D eigenvalue weighted by molar-refractivity contribution is 7.89. The number of sulfonamides is 1. The summed E-state index contributed by atoms with van der Waals surface area (Å²) < 4.78 is 37.3. The average Bonchev–Trinajstić information content (AvgIpc) is 2.86. The predicted molar refractivity (Wildman–Crippen MR) is 123 cm³/mol. The molecule has 0 aliphatic carbocycles. The molecule has 0 aromatic heterocycles. The molecule has 10 heteroatoms. The van der Waals surface area contributed by atoms with E-state index in [4.69, 9.17) is 9.47 Å². The van der Waals surface area contributed by atoms with Crippen molar-refractivity contribution >= 4 is 33.4 Å². The molecule has 0 atom stereocenters. The summed E-state index contributed by atoms with van der Waals surface area (Å²) in [6.07, 6.45) is 3.21. The Morgan fingerprint density at radius 2 is 1.76 bits per heavy atom. The number of nitrogens with one attached hydrogen (secondary N) is 1. The highest BCUT2D eigenvalue weighted by Gasteiger charge is 2.25. The lowest BCUT2D eigenvalue weighted by atomic mass is 10.1. The first-order chi connectivity index (χ1) is 16.3. The number of anilines is 1. The van der Waals surface area contributed by atoms with Crippen molar-refractivity contribution in [3.05, 3.63) is 53.6 Å². The van der Waals surface area contributed by atoms with Gasteiger partial charge in [-0.3, -0.25) is 14.4 Å². The van der Waals surface area contributed by atoms with Gasteiger partial charge in [-0.25, -0.2) is 8.42 Å². The van der Waals surface area contributed by atoms with E-state index >= 15 is 0 Å². The topological polar surface area (TPSA) is 119 Å². The maximum atomic E-state index is 12.7. The first kappa shape index (κ1) is 23.9. The molecule has 0 unspecified atom stereocenters. The third kappa shape index (κ3) is 5.63. The molecule has 1 saturated heterocycles. The van der Waals surface area contributed by atoms with E-state index in [1.807, 2.05) is 0 Å². The maximum absolute atomic E-state index is 12.7. The van der Waals surface area contributed by atoms with Crippen molar-refractivity contribution in [1.82, 2.24) is 4.31 Å². The van der Waals surface area contributed by atoms with Crippen LogP contribution in [0.5, 0.6) is 5.75 Å². The van der Waals surface area contributed by atoms with Crippen LogP contribution in [0.1, 0.15) is 41.6 Å². The number of rotatable bonds is 8. The van der Waals surface area contributed by atoms with E-state index in [0.717, 1.165) is 24.8 Å². The highest BCUT2D eigenvalue weighted by atomic mass is 32.2. The Balaban J connectivity index is 1.26. The van der Waals surface area contributed by atoms with Crippen molar-refractivity contribution in [2.45, 2.75) is 37.0 Å². The standard InChI is InChI=1S/C24H26N2O7S/c27-21(18-7-10-22-20(14-18)25-23(28)16-32-22)15-33-24(29)11-6-17-4-8-19(9-5-17)34(30,31)26-12-2-1-3-13-26/h4-5,7-10,14H,1-3,6,11-13,15-16H2,(H,25,28). The Morgan fingerprint density at radius 3 is 2.50 bits per heavy atom. The number of hydrogen-bond acceptors (Lipinski definition) is 7. The smallest absolute Gasteiger partial charge is 0.306 e. The number of benzene rings is 2. The van der Waals surface area contributed by atoms with Gasteiger partial charge in [0.05, 0.1) is 10.6 Å². The molecule has 2 aliphatic rings. The van der Waals surface area contributed by atoms with E-state index in [1.54, 1.807) is 36.4 Å². The minimum atomic E-state index is -3.49. The van der Waals surface area contributed by atoms with Crippen LogP contribution in [0.25, 0.3) is 0 Å². The van der Waals surface area contributed by atoms with Crippen LogP contribution < -0.4 is 10.1 Å². The minimum Gasteiger partial charge on any atom is -0.482 e. The van der Waals surface area contributed by atoms with Crippen molar-refractivity contribution in [3.63, 3.8) is 0 Å². The number of aryl methyl sites for hydroxylation is 1. The summed E-state index contributed by atoms with van der Waals surface area (Å²) in [7, 11) is -3.49. The maximum Gasteiger partial charge on any atom is 0.306 e. The molecule has 0 bridgehead atoms. The Hall–Kier alpha value is -3.24. The third-order valence-electron chi connectivity index (χ3n) is 5.79. The van der Waals surface area contributed by atoms with Gasteiger partial charge < -0.3 is 14.8 Å².